The van der Waals surface area contributed by atoms with Gasteiger partial charge >= 0.3 is 0 Å². The molecule has 0 amide bonds. The predicted octanol–water partition coefficient (Wildman–Crippen LogP) is 3.16. The van der Waals surface area contributed by atoms with E-state index in [1.807, 2.05) is 6.92 Å². The highest BCUT2D eigenvalue weighted by atomic mass is 19.1. The minimum atomic E-state index is -0.436. The molecule has 0 bridgehead atoms. The molecule has 1 aliphatic carbocycles. The number of rotatable bonds is 6. The van der Waals surface area contributed by atoms with Crippen LogP contribution in [0.25, 0.3) is 0 Å². The summed E-state index contributed by atoms with van der Waals surface area (Å²) in [7, 11) is 0. The molecule has 1 aromatic carbocycles. The van der Waals surface area contributed by atoms with Gasteiger partial charge in [0.15, 0.2) is 11.6 Å². The number of aliphatic hydroxyl groups excluding tert-OH is 1. The van der Waals surface area contributed by atoms with Gasteiger partial charge in [-0.3, -0.25) is 0 Å². The van der Waals surface area contributed by atoms with Crippen molar-refractivity contribution in [2.75, 3.05) is 24.3 Å². The fourth-order valence-electron chi connectivity index (χ4n) is 2.83. The van der Waals surface area contributed by atoms with Crippen LogP contribution in [0.1, 0.15) is 39.0 Å². The number of halogens is 1. The Morgan fingerprint density at radius 2 is 2.14 bits per heavy atom. The van der Waals surface area contributed by atoms with E-state index in [0.29, 0.717) is 18.0 Å². The molecular weight excluding hydrogens is 271 g/mol. The Hall–Kier alpha value is -1.49. The van der Waals surface area contributed by atoms with Gasteiger partial charge in [0.1, 0.15) is 0 Å². The molecule has 1 saturated carbocycles. The van der Waals surface area contributed by atoms with E-state index in [2.05, 4.69) is 5.32 Å². The van der Waals surface area contributed by atoms with E-state index in [-0.39, 0.29) is 24.3 Å². The topological polar surface area (TPSA) is 67.5 Å². The number of ether oxygens (including phenoxy) is 1. The SMILES string of the molecule is CCCOc1cc(NC2CCCCC2CO)c(N)cc1F. The Kier molecular flexibility index (Phi) is 5.67. The van der Waals surface area contributed by atoms with Gasteiger partial charge in [0.05, 0.1) is 18.0 Å². The van der Waals surface area contributed by atoms with Crippen molar-refractivity contribution in [3.8, 4) is 5.75 Å². The third-order valence-corrected chi connectivity index (χ3v) is 4.05. The van der Waals surface area contributed by atoms with Gasteiger partial charge in [-0.25, -0.2) is 4.39 Å². The lowest BCUT2D eigenvalue weighted by Gasteiger charge is -2.32. The Balaban J connectivity index is 2.14. The summed E-state index contributed by atoms with van der Waals surface area (Å²) in [6.45, 7) is 2.61. The van der Waals surface area contributed by atoms with Crippen molar-refractivity contribution in [1.29, 1.82) is 0 Å². The van der Waals surface area contributed by atoms with E-state index in [4.69, 9.17) is 10.5 Å². The Morgan fingerprint density at radius 1 is 1.38 bits per heavy atom. The number of benzene rings is 1. The molecule has 0 saturated heterocycles. The maximum Gasteiger partial charge on any atom is 0.167 e. The maximum atomic E-state index is 13.8. The van der Waals surface area contributed by atoms with Crippen molar-refractivity contribution < 1.29 is 14.2 Å². The van der Waals surface area contributed by atoms with Crippen LogP contribution in [0, 0.1) is 11.7 Å². The van der Waals surface area contributed by atoms with E-state index in [9.17, 15) is 9.50 Å². The monoisotopic (exact) mass is 296 g/mol. The second-order valence-electron chi connectivity index (χ2n) is 5.70. The van der Waals surface area contributed by atoms with Crippen LogP contribution in [0.4, 0.5) is 15.8 Å². The summed E-state index contributed by atoms with van der Waals surface area (Å²) in [5.41, 5.74) is 6.96. The van der Waals surface area contributed by atoms with Crippen molar-refractivity contribution in [3.05, 3.63) is 17.9 Å². The van der Waals surface area contributed by atoms with Gasteiger partial charge in [-0.2, -0.15) is 0 Å². The molecule has 2 atom stereocenters. The number of anilines is 2. The van der Waals surface area contributed by atoms with Crippen molar-refractivity contribution in [2.24, 2.45) is 5.92 Å². The smallest absolute Gasteiger partial charge is 0.167 e. The third-order valence-electron chi connectivity index (χ3n) is 4.05. The molecule has 5 heteroatoms. The lowest BCUT2D eigenvalue weighted by Crippen LogP contribution is -2.34. The molecule has 1 aliphatic rings. The lowest BCUT2D eigenvalue weighted by atomic mass is 9.85. The number of hydrogen-bond acceptors (Lipinski definition) is 4. The average molecular weight is 296 g/mol. The molecule has 0 spiro atoms. The van der Waals surface area contributed by atoms with Crippen molar-refractivity contribution >= 4 is 11.4 Å². The molecule has 0 aliphatic heterocycles. The molecule has 0 radical (unpaired) electrons. The Morgan fingerprint density at radius 3 is 2.86 bits per heavy atom. The van der Waals surface area contributed by atoms with Gasteiger partial charge in [-0.05, 0) is 19.3 Å². The van der Waals surface area contributed by atoms with E-state index in [1.165, 1.54) is 6.07 Å². The first-order chi connectivity index (χ1) is 10.2. The molecule has 118 valence electrons. The largest absolute Gasteiger partial charge is 0.490 e. The number of nitrogen functional groups attached to an aromatic ring is 1. The van der Waals surface area contributed by atoms with Crippen LogP contribution in [0.2, 0.25) is 0 Å². The second kappa shape index (κ2) is 7.50. The zero-order valence-corrected chi connectivity index (χ0v) is 12.6. The lowest BCUT2D eigenvalue weighted by molar-refractivity contribution is 0.178. The van der Waals surface area contributed by atoms with Crippen molar-refractivity contribution in [2.45, 2.75) is 45.1 Å². The van der Waals surface area contributed by atoms with Gasteiger partial charge < -0.3 is 20.9 Å². The van der Waals surface area contributed by atoms with E-state index in [0.717, 1.165) is 32.1 Å². The first-order valence-electron chi connectivity index (χ1n) is 7.75. The zero-order chi connectivity index (χ0) is 15.2. The van der Waals surface area contributed by atoms with Crippen LogP contribution in [0.3, 0.4) is 0 Å². The van der Waals surface area contributed by atoms with Crippen LogP contribution in [-0.4, -0.2) is 24.4 Å². The van der Waals surface area contributed by atoms with E-state index < -0.39 is 5.82 Å². The van der Waals surface area contributed by atoms with E-state index >= 15 is 0 Å². The van der Waals surface area contributed by atoms with Gasteiger partial charge in [0, 0.05) is 30.7 Å². The minimum absolute atomic E-state index is 0.165. The first kappa shape index (κ1) is 15.9. The fourth-order valence-corrected chi connectivity index (χ4v) is 2.83. The van der Waals surface area contributed by atoms with Crippen LogP contribution in [-0.2, 0) is 0 Å². The molecule has 0 heterocycles. The third kappa shape index (κ3) is 4.00. The second-order valence-corrected chi connectivity index (χ2v) is 5.70. The minimum Gasteiger partial charge on any atom is -0.490 e. The highest BCUT2D eigenvalue weighted by Gasteiger charge is 2.25. The van der Waals surface area contributed by atoms with Crippen molar-refractivity contribution in [3.63, 3.8) is 0 Å². The summed E-state index contributed by atoms with van der Waals surface area (Å²) >= 11 is 0. The molecule has 2 rings (SSSR count). The molecule has 2 unspecified atom stereocenters. The first-order valence-corrected chi connectivity index (χ1v) is 7.75. The number of nitrogens with one attached hydrogen (secondary N) is 1. The summed E-state index contributed by atoms with van der Waals surface area (Å²) in [5.74, 6) is 0.0157. The van der Waals surface area contributed by atoms with Crippen molar-refractivity contribution in [1.82, 2.24) is 0 Å². The molecule has 1 fully saturated rings. The average Bonchev–Trinajstić information content (AvgIpc) is 2.49. The standard InChI is InChI=1S/C16H25FN2O2/c1-2-7-21-16-9-15(13(18)8-12(16)17)19-14-6-4-3-5-11(14)10-20/h8-9,11,14,19-20H,2-7,10,18H2,1H3. The normalized spacial score (nSPS) is 22.0. The Bertz CT molecular complexity index is 468. The van der Waals surface area contributed by atoms with Gasteiger partial charge in [-0.1, -0.05) is 19.8 Å². The van der Waals surface area contributed by atoms with E-state index in [1.54, 1.807) is 6.07 Å². The fraction of sp³-hybridized carbons (Fsp3) is 0.625. The quantitative estimate of drug-likeness (QED) is 0.705. The highest BCUT2D eigenvalue weighted by molar-refractivity contribution is 5.69. The van der Waals surface area contributed by atoms with Gasteiger partial charge in [-0.15, -0.1) is 0 Å². The maximum absolute atomic E-state index is 13.8. The Labute approximate surface area is 125 Å². The van der Waals surface area contributed by atoms with Gasteiger partial charge in [0.25, 0.3) is 0 Å². The number of nitrogens with two attached hydrogens (primary N) is 1. The summed E-state index contributed by atoms with van der Waals surface area (Å²) in [6, 6.07) is 3.10. The molecule has 4 N–H and O–H groups in total. The van der Waals surface area contributed by atoms with Gasteiger partial charge in [0.2, 0.25) is 0 Å². The summed E-state index contributed by atoms with van der Waals surface area (Å²) in [5, 5.41) is 12.8. The molecule has 1 aromatic rings. The number of hydrogen-bond donors (Lipinski definition) is 3. The summed E-state index contributed by atoms with van der Waals surface area (Å²) in [6.07, 6.45) is 5.10. The number of aliphatic hydroxyl groups is 1. The zero-order valence-electron chi connectivity index (χ0n) is 12.6. The highest BCUT2D eigenvalue weighted by Crippen LogP contribution is 2.32. The predicted molar refractivity (Wildman–Crippen MR) is 83.1 cm³/mol. The van der Waals surface area contributed by atoms with Crippen LogP contribution in [0.15, 0.2) is 12.1 Å². The molecular formula is C16H25FN2O2. The van der Waals surface area contributed by atoms with Crippen LogP contribution >= 0.6 is 0 Å². The van der Waals surface area contributed by atoms with Crippen LogP contribution in [0.5, 0.6) is 5.75 Å². The molecule has 0 aromatic heterocycles. The summed E-state index contributed by atoms with van der Waals surface area (Å²) < 4.78 is 19.2. The molecule has 21 heavy (non-hydrogen) atoms. The summed E-state index contributed by atoms with van der Waals surface area (Å²) in [4.78, 5) is 0. The molecule has 4 nitrogen and oxygen atoms in total. The van der Waals surface area contributed by atoms with Crippen LogP contribution < -0.4 is 15.8 Å².